The van der Waals surface area contributed by atoms with Gasteiger partial charge in [-0.15, -0.1) is 0 Å². The van der Waals surface area contributed by atoms with Gasteiger partial charge in [-0.25, -0.2) is 0 Å². The lowest BCUT2D eigenvalue weighted by molar-refractivity contribution is -0.924. The van der Waals surface area contributed by atoms with E-state index in [1.54, 1.807) is 0 Å². The summed E-state index contributed by atoms with van der Waals surface area (Å²) >= 11 is 0. The van der Waals surface area contributed by atoms with Crippen LogP contribution in [0.15, 0.2) is 12.2 Å². The van der Waals surface area contributed by atoms with Crippen LogP contribution in [0.1, 0.15) is 96.8 Å². The Kier molecular flexibility index (Phi) is 13.3. The second kappa shape index (κ2) is 14.6. The average Bonchev–Trinajstić information content (AvgIpc) is 2.62. The van der Waals surface area contributed by atoms with Gasteiger partial charge in [0.15, 0.2) is 0 Å². The van der Waals surface area contributed by atoms with Crippen molar-refractivity contribution in [3.63, 3.8) is 0 Å². The molecule has 0 aromatic carbocycles. The normalized spacial score (nSPS) is 20.2. The molecule has 1 rings (SSSR count). The molecule has 160 valence electrons. The predicted octanol–water partition coefficient (Wildman–Crippen LogP) is 5.74. The molecule has 1 heterocycles. The lowest BCUT2D eigenvalue weighted by Crippen LogP contribution is -2.51. The maximum Gasteiger partial charge on any atom is 0.265 e. The number of unbranched alkanes of at least 4 members (excludes halogenated alkanes) is 11. The highest BCUT2D eigenvalue weighted by molar-refractivity contribution is 7.85. The number of rotatable bonds is 17. The lowest BCUT2D eigenvalue weighted by atomic mass is 10.0. The quantitative estimate of drug-likeness (QED) is 0.146. The van der Waals surface area contributed by atoms with Crippen molar-refractivity contribution in [1.29, 1.82) is 0 Å². The van der Waals surface area contributed by atoms with E-state index in [0.29, 0.717) is 6.42 Å². The van der Waals surface area contributed by atoms with Crippen molar-refractivity contribution >= 4 is 10.1 Å². The molecule has 1 unspecified atom stereocenters. The SMILES string of the molecule is CCCCCCCCCCCCCC[N+]1(CCCS(=O)(=O)O)CC=CCC1. The molecule has 0 saturated heterocycles. The van der Waals surface area contributed by atoms with Crippen LogP contribution >= 0.6 is 0 Å². The average molecular weight is 403 g/mol. The minimum atomic E-state index is -3.83. The van der Waals surface area contributed by atoms with E-state index in [1.165, 1.54) is 77.0 Å². The van der Waals surface area contributed by atoms with Crippen LogP contribution in [0.3, 0.4) is 0 Å². The van der Waals surface area contributed by atoms with Gasteiger partial charge in [-0.2, -0.15) is 8.42 Å². The third kappa shape index (κ3) is 13.4. The van der Waals surface area contributed by atoms with Crippen molar-refractivity contribution in [2.75, 3.05) is 31.9 Å². The Bertz CT molecular complexity index is 490. The van der Waals surface area contributed by atoms with Crippen LogP contribution in [-0.4, -0.2) is 49.4 Å². The van der Waals surface area contributed by atoms with Crippen LogP contribution in [0.5, 0.6) is 0 Å². The summed E-state index contributed by atoms with van der Waals surface area (Å²) in [4.78, 5) is 0. The first-order chi connectivity index (χ1) is 13.0. The molecule has 0 saturated carbocycles. The fourth-order valence-corrected chi connectivity index (χ4v) is 4.74. The van der Waals surface area contributed by atoms with E-state index < -0.39 is 10.1 Å². The topological polar surface area (TPSA) is 54.4 Å². The van der Waals surface area contributed by atoms with Crippen molar-refractivity contribution < 1.29 is 17.5 Å². The summed E-state index contributed by atoms with van der Waals surface area (Å²) in [6.45, 7) is 6.41. The third-order valence-corrected chi connectivity index (χ3v) is 6.75. The fraction of sp³-hybridized carbons (Fsp3) is 0.909. The van der Waals surface area contributed by atoms with Gasteiger partial charge in [-0.1, -0.05) is 77.2 Å². The summed E-state index contributed by atoms with van der Waals surface area (Å²) in [7, 11) is -3.83. The van der Waals surface area contributed by atoms with Gasteiger partial charge in [0.05, 0.1) is 31.9 Å². The second-order valence-corrected chi connectivity index (χ2v) is 10.1. The number of nitrogens with zero attached hydrogens (tertiary/aromatic N) is 1. The molecule has 0 spiro atoms. The van der Waals surface area contributed by atoms with Crippen LogP contribution in [0.4, 0.5) is 0 Å². The van der Waals surface area contributed by atoms with Gasteiger partial charge < -0.3 is 4.48 Å². The second-order valence-electron chi connectivity index (χ2n) is 8.48. The highest BCUT2D eigenvalue weighted by Gasteiger charge is 2.27. The Morgan fingerprint density at radius 1 is 0.778 bits per heavy atom. The zero-order chi connectivity index (χ0) is 19.8. The predicted molar refractivity (Wildman–Crippen MR) is 116 cm³/mol. The zero-order valence-electron chi connectivity index (χ0n) is 17.7. The molecule has 1 N–H and O–H groups in total. The van der Waals surface area contributed by atoms with E-state index in [2.05, 4.69) is 19.1 Å². The van der Waals surface area contributed by atoms with Gasteiger partial charge in [0.25, 0.3) is 10.1 Å². The summed E-state index contributed by atoms with van der Waals surface area (Å²) in [5, 5.41) is 0. The molecule has 1 atom stereocenters. The molecule has 0 radical (unpaired) electrons. The van der Waals surface area contributed by atoms with Gasteiger partial charge in [-0.3, -0.25) is 4.55 Å². The highest BCUT2D eigenvalue weighted by Crippen LogP contribution is 2.18. The van der Waals surface area contributed by atoms with Crippen LogP contribution in [-0.2, 0) is 10.1 Å². The molecule has 4 nitrogen and oxygen atoms in total. The molecular formula is C22H44NO3S+. The Morgan fingerprint density at radius 2 is 1.30 bits per heavy atom. The molecule has 0 aliphatic carbocycles. The monoisotopic (exact) mass is 402 g/mol. The number of hydrogen-bond donors (Lipinski definition) is 1. The first-order valence-corrected chi connectivity index (χ1v) is 13.0. The molecule has 5 heteroatoms. The summed E-state index contributed by atoms with van der Waals surface area (Å²) < 4.78 is 31.9. The van der Waals surface area contributed by atoms with Crippen molar-refractivity contribution in [2.24, 2.45) is 0 Å². The highest BCUT2D eigenvalue weighted by atomic mass is 32.2. The van der Waals surface area contributed by atoms with E-state index in [4.69, 9.17) is 4.55 Å². The largest absolute Gasteiger partial charge is 0.320 e. The summed E-state index contributed by atoms with van der Waals surface area (Å²) in [6, 6.07) is 0. The van der Waals surface area contributed by atoms with E-state index in [9.17, 15) is 8.42 Å². The first kappa shape index (κ1) is 24.6. The van der Waals surface area contributed by atoms with Gasteiger partial charge in [0.2, 0.25) is 0 Å². The van der Waals surface area contributed by atoms with Crippen molar-refractivity contribution in [2.45, 2.75) is 96.8 Å². The van der Waals surface area contributed by atoms with Crippen molar-refractivity contribution in [3.05, 3.63) is 12.2 Å². The standard InChI is InChI=1S/C22H43NO3S/c1-2-3-4-5-6-7-8-9-10-11-12-14-18-23(19-15-13-16-20-23)21-17-22-27(24,25)26/h13,15H,2-12,14,16-22H2,1H3/p+1. The van der Waals surface area contributed by atoms with E-state index >= 15 is 0 Å². The van der Waals surface area contributed by atoms with Crippen molar-refractivity contribution in [1.82, 2.24) is 0 Å². The van der Waals surface area contributed by atoms with E-state index in [-0.39, 0.29) is 5.75 Å². The number of hydrogen-bond acceptors (Lipinski definition) is 2. The maximum absolute atomic E-state index is 11.0. The summed E-state index contributed by atoms with van der Waals surface area (Å²) in [5.74, 6) is -0.102. The van der Waals surface area contributed by atoms with Crippen LogP contribution < -0.4 is 0 Å². The van der Waals surface area contributed by atoms with Crippen molar-refractivity contribution in [3.8, 4) is 0 Å². The van der Waals surface area contributed by atoms with Gasteiger partial charge in [0, 0.05) is 12.8 Å². The lowest BCUT2D eigenvalue weighted by Gasteiger charge is -2.39. The smallest absolute Gasteiger partial charge is 0.265 e. The summed E-state index contributed by atoms with van der Waals surface area (Å²) in [6.07, 6.45) is 22.5. The van der Waals surface area contributed by atoms with Crippen LogP contribution in [0, 0.1) is 0 Å². The van der Waals surface area contributed by atoms with Gasteiger partial charge >= 0.3 is 0 Å². The van der Waals surface area contributed by atoms with E-state index in [0.717, 1.165) is 37.1 Å². The summed E-state index contributed by atoms with van der Waals surface area (Å²) in [5.41, 5.74) is 0. The minimum Gasteiger partial charge on any atom is -0.320 e. The molecule has 0 amide bonds. The Hall–Kier alpha value is -0.390. The first-order valence-electron chi connectivity index (χ1n) is 11.4. The Labute approximate surface area is 168 Å². The van der Waals surface area contributed by atoms with Gasteiger partial charge in [-0.05, 0) is 18.9 Å². The van der Waals surface area contributed by atoms with E-state index in [1.807, 2.05) is 0 Å². The van der Waals surface area contributed by atoms with Gasteiger partial charge in [0.1, 0.15) is 0 Å². The molecule has 27 heavy (non-hydrogen) atoms. The third-order valence-electron chi connectivity index (χ3n) is 5.95. The Morgan fingerprint density at radius 3 is 1.78 bits per heavy atom. The molecule has 0 bridgehead atoms. The minimum absolute atomic E-state index is 0.102. The fourth-order valence-electron chi connectivity index (χ4n) is 4.24. The molecule has 1 aliphatic rings. The Balaban J connectivity index is 2.08. The molecule has 0 aromatic rings. The molecular weight excluding hydrogens is 358 g/mol. The van der Waals surface area contributed by atoms with Crippen LogP contribution in [0.25, 0.3) is 0 Å². The maximum atomic E-state index is 11.0. The molecule has 1 aliphatic heterocycles. The number of quaternary nitrogens is 1. The molecule has 0 fully saturated rings. The van der Waals surface area contributed by atoms with Crippen LogP contribution in [0.2, 0.25) is 0 Å². The molecule has 0 aromatic heterocycles. The zero-order valence-corrected chi connectivity index (χ0v) is 18.5.